The smallest absolute Gasteiger partial charge is 0.212 e. The number of aromatic hydroxyl groups is 1. The fourth-order valence-corrected chi connectivity index (χ4v) is 2.45. The molecule has 92 valence electrons. The molecule has 1 aromatic carbocycles. The Labute approximate surface area is 104 Å². The molecule has 0 fully saturated rings. The minimum atomic E-state index is -0.481. The monoisotopic (exact) mass is 244 g/mol. The number of fused-ring (bicyclic) bond motifs is 1. The molecule has 1 atom stereocenters. The Morgan fingerprint density at radius 2 is 2.17 bits per heavy atom. The number of anilines is 1. The third kappa shape index (κ3) is 1.90. The number of hydrogen-bond donors (Lipinski definition) is 2. The predicted molar refractivity (Wildman–Crippen MR) is 67.0 cm³/mol. The molecule has 2 N–H and O–H groups in total. The molecule has 3 nitrogen and oxygen atoms in total. The van der Waals surface area contributed by atoms with Crippen molar-refractivity contribution in [3.63, 3.8) is 0 Å². The summed E-state index contributed by atoms with van der Waals surface area (Å²) in [6, 6.07) is 8.72. The highest BCUT2D eigenvalue weighted by molar-refractivity contribution is 5.50. The van der Waals surface area contributed by atoms with Crippen LogP contribution in [0.25, 0.3) is 0 Å². The first kappa shape index (κ1) is 11.0. The van der Waals surface area contributed by atoms with Gasteiger partial charge in [-0.05, 0) is 42.2 Å². The van der Waals surface area contributed by atoms with Gasteiger partial charge in [0.2, 0.25) is 5.95 Å². The second-order valence-electron chi connectivity index (χ2n) is 4.45. The standard InChI is InChI=1S/C14H13FN2O/c15-14-7-4-9(8-16-14)17-12-6-5-11-10(12)2-1-3-13(11)18/h1-4,7-8,12,17-18H,5-6H2. The summed E-state index contributed by atoms with van der Waals surface area (Å²) in [5.41, 5.74) is 2.90. The van der Waals surface area contributed by atoms with Gasteiger partial charge in [-0.1, -0.05) is 12.1 Å². The van der Waals surface area contributed by atoms with Crippen molar-refractivity contribution in [2.45, 2.75) is 18.9 Å². The van der Waals surface area contributed by atoms with Crippen LogP contribution in [0.2, 0.25) is 0 Å². The summed E-state index contributed by atoms with van der Waals surface area (Å²) in [5, 5.41) is 13.1. The fourth-order valence-electron chi connectivity index (χ4n) is 2.45. The predicted octanol–water partition coefficient (Wildman–Crippen LogP) is 3.03. The van der Waals surface area contributed by atoms with Gasteiger partial charge >= 0.3 is 0 Å². The van der Waals surface area contributed by atoms with E-state index in [9.17, 15) is 9.50 Å². The van der Waals surface area contributed by atoms with Gasteiger partial charge in [0.15, 0.2) is 0 Å². The van der Waals surface area contributed by atoms with Crippen LogP contribution < -0.4 is 5.32 Å². The van der Waals surface area contributed by atoms with E-state index in [1.165, 1.54) is 12.3 Å². The van der Waals surface area contributed by atoms with Gasteiger partial charge < -0.3 is 10.4 Å². The Morgan fingerprint density at radius 1 is 1.28 bits per heavy atom. The van der Waals surface area contributed by atoms with Crippen LogP contribution in [-0.4, -0.2) is 10.1 Å². The largest absolute Gasteiger partial charge is 0.508 e. The summed E-state index contributed by atoms with van der Waals surface area (Å²) in [6.07, 6.45) is 3.26. The Balaban J connectivity index is 1.85. The van der Waals surface area contributed by atoms with Crippen molar-refractivity contribution < 1.29 is 9.50 Å². The van der Waals surface area contributed by atoms with Crippen LogP contribution in [0.15, 0.2) is 36.5 Å². The van der Waals surface area contributed by atoms with Crippen molar-refractivity contribution in [3.05, 3.63) is 53.6 Å². The molecular weight excluding hydrogens is 231 g/mol. The zero-order valence-corrected chi connectivity index (χ0v) is 9.73. The minimum absolute atomic E-state index is 0.152. The van der Waals surface area contributed by atoms with Crippen LogP contribution in [0, 0.1) is 5.95 Å². The molecule has 1 heterocycles. The highest BCUT2D eigenvalue weighted by Crippen LogP contribution is 2.37. The second kappa shape index (κ2) is 4.29. The molecule has 1 aromatic heterocycles. The van der Waals surface area contributed by atoms with E-state index in [-0.39, 0.29) is 6.04 Å². The van der Waals surface area contributed by atoms with Crippen LogP contribution >= 0.6 is 0 Å². The maximum absolute atomic E-state index is 12.7. The SMILES string of the molecule is Oc1cccc2c1CCC2Nc1ccc(F)nc1. The van der Waals surface area contributed by atoms with E-state index >= 15 is 0 Å². The lowest BCUT2D eigenvalue weighted by Crippen LogP contribution is -2.07. The van der Waals surface area contributed by atoms with Gasteiger partial charge in [0.25, 0.3) is 0 Å². The van der Waals surface area contributed by atoms with Crippen LogP contribution in [0.4, 0.5) is 10.1 Å². The number of phenols is 1. The quantitative estimate of drug-likeness (QED) is 0.798. The number of rotatable bonds is 2. The first-order valence-electron chi connectivity index (χ1n) is 5.93. The van der Waals surface area contributed by atoms with Crippen molar-refractivity contribution >= 4 is 5.69 Å². The summed E-state index contributed by atoms with van der Waals surface area (Å²) in [7, 11) is 0. The molecule has 18 heavy (non-hydrogen) atoms. The number of halogens is 1. The molecule has 3 rings (SSSR count). The average molecular weight is 244 g/mol. The number of phenolic OH excluding ortho intramolecular Hbond substituents is 1. The Hall–Kier alpha value is -2.10. The lowest BCUT2D eigenvalue weighted by molar-refractivity contribution is 0.469. The lowest BCUT2D eigenvalue weighted by Gasteiger charge is -2.15. The van der Waals surface area contributed by atoms with Crippen molar-refractivity contribution in [2.75, 3.05) is 5.32 Å². The summed E-state index contributed by atoms with van der Waals surface area (Å²) in [5.74, 6) is -0.126. The first-order chi connectivity index (χ1) is 8.74. The molecule has 1 unspecified atom stereocenters. The van der Waals surface area contributed by atoms with Crippen molar-refractivity contribution in [1.82, 2.24) is 4.98 Å². The van der Waals surface area contributed by atoms with Gasteiger partial charge in [-0.15, -0.1) is 0 Å². The maximum atomic E-state index is 12.7. The molecule has 0 spiro atoms. The lowest BCUT2D eigenvalue weighted by atomic mass is 10.1. The minimum Gasteiger partial charge on any atom is -0.508 e. The molecule has 0 saturated heterocycles. The molecule has 4 heteroatoms. The van der Waals surface area contributed by atoms with Crippen molar-refractivity contribution in [3.8, 4) is 5.75 Å². The summed E-state index contributed by atoms with van der Waals surface area (Å²) in [6.45, 7) is 0. The average Bonchev–Trinajstić information content (AvgIpc) is 2.77. The Morgan fingerprint density at radius 3 is 2.94 bits per heavy atom. The van der Waals surface area contributed by atoms with Crippen LogP contribution in [0.3, 0.4) is 0 Å². The fraction of sp³-hybridized carbons (Fsp3) is 0.214. The first-order valence-corrected chi connectivity index (χ1v) is 5.93. The third-order valence-electron chi connectivity index (χ3n) is 3.31. The number of nitrogens with one attached hydrogen (secondary N) is 1. The molecule has 1 aliphatic rings. The molecule has 0 aliphatic heterocycles. The highest BCUT2D eigenvalue weighted by Gasteiger charge is 2.24. The summed E-state index contributed by atoms with van der Waals surface area (Å²) < 4.78 is 12.7. The van der Waals surface area contributed by atoms with E-state index in [1.807, 2.05) is 12.1 Å². The zero-order valence-electron chi connectivity index (χ0n) is 9.73. The van der Waals surface area contributed by atoms with E-state index in [4.69, 9.17) is 0 Å². The Bertz CT molecular complexity index is 569. The molecule has 0 saturated carbocycles. The van der Waals surface area contributed by atoms with Gasteiger partial charge in [0.05, 0.1) is 17.9 Å². The highest BCUT2D eigenvalue weighted by atomic mass is 19.1. The van der Waals surface area contributed by atoms with Gasteiger partial charge in [-0.3, -0.25) is 0 Å². The van der Waals surface area contributed by atoms with E-state index in [1.54, 1.807) is 12.1 Å². The van der Waals surface area contributed by atoms with Gasteiger partial charge in [-0.25, -0.2) is 4.98 Å². The number of aromatic nitrogens is 1. The number of pyridine rings is 1. The maximum Gasteiger partial charge on any atom is 0.212 e. The number of hydrogen-bond acceptors (Lipinski definition) is 3. The summed E-state index contributed by atoms with van der Waals surface area (Å²) >= 11 is 0. The molecule has 0 radical (unpaired) electrons. The number of benzene rings is 1. The molecule has 2 aromatic rings. The topological polar surface area (TPSA) is 45.1 Å². The van der Waals surface area contributed by atoms with Crippen LogP contribution in [0.5, 0.6) is 5.75 Å². The van der Waals surface area contributed by atoms with Gasteiger partial charge in [-0.2, -0.15) is 4.39 Å². The van der Waals surface area contributed by atoms with E-state index < -0.39 is 5.95 Å². The number of nitrogens with zero attached hydrogens (tertiary/aromatic N) is 1. The molecule has 1 aliphatic carbocycles. The second-order valence-corrected chi connectivity index (χ2v) is 4.45. The van der Waals surface area contributed by atoms with Crippen LogP contribution in [-0.2, 0) is 6.42 Å². The Kier molecular flexibility index (Phi) is 2.63. The van der Waals surface area contributed by atoms with Gasteiger partial charge in [0, 0.05) is 0 Å². The van der Waals surface area contributed by atoms with E-state index in [0.717, 1.165) is 29.7 Å². The van der Waals surface area contributed by atoms with E-state index in [2.05, 4.69) is 10.3 Å². The van der Waals surface area contributed by atoms with Crippen molar-refractivity contribution in [1.29, 1.82) is 0 Å². The van der Waals surface area contributed by atoms with Crippen molar-refractivity contribution in [2.24, 2.45) is 0 Å². The third-order valence-corrected chi connectivity index (χ3v) is 3.31. The summed E-state index contributed by atoms with van der Waals surface area (Å²) in [4.78, 5) is 3.62. The molecule has 0 bridgehead atoms. The molecular formula is C14H13FN2O. The molecule has 0 amide bonds. The normalized spacial score (nSPS) is 17.5. The zero-order chi connectivity index (χ0) is 12.5. The van der Waals surface area contributed by atoms with Crippen LogP contribution in [0.1, 0.15) is 23.6 Å². The van der Waals surface area contributed by atoms with Gasteiger partial charge in [0.1, 0.15) is 5.75 Å². The van der Waals surface area contributed by atoms with E-state index in [0.29, 0.717) is 5.75 Å².